The molecule has 0 aliphatic heterocycles. The molecule has 0 aliphatic carbocycles. The van der Waals surface area contributed by atoms with Gasteiger partial charge in [0.1, 0.15) is 0 Å². The zero-order valence-corrected chi connectivity index (χ0v) is 12.0. The Balaban J connectivity index is 1.95. The topological polar surface area (TPSA) is 27.8 Å². The fourth-order valence-corrected chi connectivity index (χ4v) is 3.25. The van der Waals surface area contributed by atoms with E-state index in [0.29, 0.717) is 6.04 Å². The quantitative estimate of drug-likeness (QED) is 0.737. The van der Waals surface area contributed by atoms with Crippen LogP contribution in [0.25, 0.3) is 10.9 Å². The molecular weight excluding hydrogens is 240 g/mol. The van der Waals surface area contributed by atoms with Crippen molar-refractivity contribution in [3.63, 3.8) is 0 Å². The summed E-state index contributed by atoms with van der Waals surface area (Å²) in [6.45, 7) is 5.48. The Kier molecular flexibility index (Phi) is 5.14. The number of nitrogens with one attached hydrogen (secondary N) is 2. The van der Waals surface area contributed by atoms with Gasteiger partial charge in [0.25, 0.3) is 0 Å². The third-order valence-electron chi connectivity index (χ3n) is 3.08. The number of aromatic amines is 1. The summed E-state index contributed by atoms with van der Waals surface area (Å²) in [5.41, 5.74) is 1.23. The third-order valence-corrected chi connectivity index (χ3v) is 4.18. The summed E-state index contributed by atoms with van der Waals surface area (Å²) in [5, 5.41) is 6.13. The first kappa shape index (κ1) is 13.5. The molecule has 1 aromatic carbocycles. The molecule has 0 bridgehead atoms. The molecule has 0 saturated heterocycles. The number of para-hydroxylation sites is 1. The predicted molar refractivity (Wildman–Crippen MR) is 81.4 cm³/mol. The Hall–Kier alpha value is -0.930. The molecule has 0 radical (unpaired) electrons. The number of benzene rings is 1. The van der Waals surface area contributed by atoms with E-state index < -0.39 is 0 Å². The molecule has 0 fully saturated rings. The second kappa shape index (κ2) is 6.86. The van der Waals surface area contributed by atoms with Gasteiger partial charge in [-0.1, -0.05) is 38.5 Å². The van der Waals surface area contributed by atoms with Crippen molar-refractivity contribution in [2.24, 2.45) is 0 Å². The zero-order valence-electron chi connectivity index (χ0n) is 11.2. The molecule has 2 aromatic rings. The molecular formula is C15H22N2S. The molecule has 18 heavy (non-hydrogen) atoms. The average molecular weight is 262 g/mol. The van der Waals surface area contributed by atoms with Crippen molar-refractivity contribution >= 4 is 22.7 Å². The summed E-state index contributed by atoms with van der Waals surface area (Å²) in [6, 6.07) is 11.3. The minimum Gasteiger partial charge on any atom is -0.350 e. The minimum absolute atomic E-state index is 0.622. The van der Waals surface area contributed by atoms with E-state index >= 15 is 0 Å². The van der Waals surface area contributed by atoms with E-state index in [1.165, 1.54) is 28.8 Å². The number of hydrogen-bond acceptors (Lipinski definition) is 2. The van der Waals surface area contributed by atoms with E-state index in [0.717, 1.165) is 12.3 Å². The molecule has 1 unspecified atom stereocenters. The molecule has 1 atom stereocenters. The second-order valence-electron chi connectivity index (χ2n) is 4.58. The maximum absolute atomic E-state index is 3.55. The molecule has 0 amide bonds. The first-order chi connectivity index (χ1) is 8.83. The normalized spacial score (nSPS) is 13.0. The van der Waals surface area contributed by atoms with Gasteiger partial charge in [0.15, 0.2) is 0 Å². The molecule has 0 spiro atoms. The van der Waals surface area contributed by atoms with Crippen molar-refractivity contribution in [3.8, 4) is 0 Å². The lowest BCUT2D eigenvalue weighted by Gasteiger charge is -2.15. The molecule has 1 heterocycles. The number of fused-ring (bicyclic) bond motifs is 1. The maximum Gasteiger partial charge on any atom is 0.0733 e. The third kappa shape index (κ3) is 3.53. The van der Waals surface area contributed by atoms with E-state index in [1.54, 1.807) is 0 Å². The Morgan fingerprint density at radius 3 is 2.83 bits per heavy atom. The molecule has 1 aromatic heterocycles. The Labute approximate surface area is 114 Å². The maximum atomic E-state index is 3.55. The summed E-state index contributed by atoms with van der Waals surface area (Å²) >= 11 is 1.92. The Bertz CT molecular complexity index is 439. The highest BCUT2D eigenvalue weighted by atomic mass is 32.2. The van der Waals surface area contributed by atoms with Gasteiger partial charge >= 0.3 is 0 Å². The number of thioether (sulfide) groups is 1. The zero-order chi connectivity index (χ0) is 12.8. The molecule has 3 heteroatoms. The van der Waals surface area contributed by atoms with Crippen molar-refractivity contribution in [1.82, 2.24) is 10.3 Å². The molecule has 2 nitrogen and oxygen atoms in total. The Morgan fingerprint density at radius 1 is 1.28 bits per heavy atom. The molecule has 2 rings (SSSR count). The van der Waals surface area contributed by atoms with Gasteiger partial charge in [-0.3, -0.25) is 0 Å². The van der Waals surface area contributed by atoms with Crippen molar-refractivity contribution in [1.29, 1.82) is 0 Å². The fraction of sp³-hybridized carbons (Fsp3) is 0.467. The van der Waals surface area contributed by atoms with Gasteiger partial charge in [-0.25, -0.2) is 0 Å². The van der Waals surface area contributed by atoms with Gasteiger partial charge < -0.3 is 10.3 Å². The molecule has 98 valence electrons. The van der Waals surface area contributed by atoms with Crippen LogP contribution in [0.15, 0.2) is 35.4 Å². The van der Waals surface area contributed by atoms with Crippen LogP contribution >= 0.6 is 11.8 Å². The van der Waals surface area contributed by atoms with Crippen molar-refractivity contribution in [2.75, 3.05) is 12.3 Å². The largest absolute Gasteiger partial charge is 0.350 e. The van der Waals surface area contributed by atoms with Crippen LogP contribution in [0.1, 0.15) is 26.7 Å². The SMILES string of the molecule is CCCC(CSc1cc2ccccc2[nH]1)NCC. The standard InChI is InChI=1S/C15H22N2S/c1-3-7-13(16-4-2)11-18-15-10-12-8-5-6-9-14(12)17-15/h5-6,8-10,13,16-17H,3-4,7,11H2,1-2H3. The van der Waals surface area contributed by atoms with Crippen LogP contribution in [0.5, 0.6) is 0 Å². The highest BCUT2D eigenvalue weighted by Crippen LogP contribution is 2.24. The average Bonchev–Trinajstić information content (AvgIpc) is 2.79. The van der Waals surface area contributed by atoms with E-state index in [4.69, 9.17) is 0 Å². The lowest BCUT2D eigenvalue weighted by atomic mass is 10.2. The van der Waals surface area contributed by atoms with Crippen molar-refractivity contribution < 1.29 is 0 Å². The number of H-pyrrole nitrogens is 1. The lowest BCUT2D eigenvalue weighted by Crippen LogP contribution is -2.30. The van der Waals surface area contributed by atoms with Crippen LogP contribution in [-0.2, 0) is 0 Å². The number of rotatable bonds is 7. The monoisotopic (exact) mass is 262 g/mol. The van der Waals surface area contributed by atoms with Crippen LogP contribution in [0.2, 0.25) is 0 Å². The molecule has 0 saturated carbocycles. The summed E-state index contributed by atoms with van der Waals surface area (Å²) in [4.78, 5) is 3.47. The lowest BCUT2D eigenvalue weighted by molar-refractivity contribution is 0.531. The van der Waals surface area contributed by atoms with Crippen LogP contribution < -0.4 is 5.32 Å². The van der Waals surface area contributed by atoms with E-state index in [9.17, 15) is 0 Å². The predicted octanol–water partition coefficient (Wildman–Crippen LogP) is 4.04. The van der Waals surface area contributed by atoms with Crippen LogP contribution in [0.3, 0.4) is 0 Å². The highest BCUT2D eigenvalue weighted by molar-refractivity contribution is 7.99. The summed E-state index contributed by atoms with van der Waals surface area (Å²) in [7, 11) is 0. The van der Waals surface area contributed by atoms with Crippen LogP contribution in [-0.4, -0.2) is 23.3 Å². The fourth-order valence-electron chi connectivity index (χ4n) is 2.20. The minimum atomic E-state index is 0.622. The summed E-state index contributed by atoms with van der Waals surface area (Å²) in [6.07, 6.45) is 2.49. The number of aromatic nitrogens is 1. The van der Waals surface area contributed by atoms with Gasteiger partial charge in [0.2, 0.25) is 0 Å². The van der Waals surface area contributed by atoms with Crippen LogP contribution in [0.4, 0.5) is 0 Å². The van der Waals surface area contributed by atoms with E-state index in [2.05, 4.69) is 54.5 Å². The second-order valence-corrected chi connectivity index (χ2v) is 5.64. The molecule has 2 N–H and O–H groups in total. The van der Waals surface area contributed by atoms with Crippen molar-refractivity contribution in [3.05, 3.63) is 30.3 Å². The van der Waals surface area contributed by atoms with Gasteiger partial charge in [0.05, 0.1) is 5.03 Å². The smallest absolute Gasteiger partial charge is 0.0733 e. The van der Waals surface area contributed by atoms with E-state index in [1.807, 2.05) is 11.8 Å². The summed E-state index contributed by atoms with van der Waals surface area (Å²) < 4.78 is 0. The van der Waals surface area contributed by atoms with E-state index in [-0.39, 0.29) is 0 Å². The van der Waals surface area contributed by atoms with Gasteiger partial charge in [-0.15, -0.1) is 11.8 Å². The number of hydrogen-bond donors (Lipinski definition) is 2. The molecule has 0 aliphatic rings. The van der Waals surface area contributed by atoms with Gasteiger partial charge in [-0.05, 0) is 25.1 Å². The van der Waals surface area contributed by atoms with Crippen molar-refractivity contribution in [2.45, 2.75) is 37.8 Å². The van der Waals surface area contributed by atoms with Gasteiger partial charge in [-0.2, -0.15) is 0 Å². The van der Waals surface area contributed by atoms with Gasteiger partial charge in [0, 0.05) is 22.7 Å². The Morgan fingerprint density at radius 2 is 2.11 bits per heavy atom. The van der Waals surface area contributed by atoms with Crippen LogP contribution in [0, 0.1) is 0 Å². The first-order valence-electron chi connectivity index (χ1n) is 6.77. The first-order valence-corrected chi connectivity index (χ1v) is 7.76. The summed E-state index contributed by atoms with van der Waals surface area (Å²) in [5.74, 6) is 1.13. The highest BCUT2D eigenvalue weighted by Gasteiger charge is 2.08.